The van der Waals surface area contributed by atoms with E-state index in [0.717, 1.165) is 35.5 Å². The summed E-state index contributed by atoms with van der Waals surface area (Å²) in [5.41, 5.74) is 1.75. The molecule has 4 heterocycles. The number of benzene rings is 2. The largest absolute Gasteiger partial charge is 2.00 e. The van der Waals surface area contributed by atoms with Gasteiger partial charge in [0.25, 0.3) is 0 Å². The Morgan fingerprint density at radius 1 is 0.977 bits per heavy atom. The van der Waals surface area contributed by atoms with Crippen molar-refractivity contribution in [3.8, 4) is 5.75 Å². The molecule has 0 saturated carbocycles. The fourth-order valence-corrected chi connectivity index (χ4v) is 6.83. The van der Waals surface area contributed by atoms with Crippen LogP contribution in [-0.4, -0.2) is 83.5 Å². The molecule has 6 rings (SSSR count). The molecule has 2 N–H and O–H groups in total. The Labute approximate surface area is 285 Å². The summed E-state index contributed by atoms with van der Waals surface area (Å²) >= 11 is 5.77. The Kier molecular flexibility index (Phi) is 19.3. The van der Waals surface area contributed by atoms with E-state index in [1.165, 1.54) is 34.9 Å². The number of hydrogen-bond acceptors (Lipinski definition) is 15. The van der Waals surface area contributed by atoms with Gasteiger partial charge in [-0.15, -0.1) is 61.2 Å². The van der Waals surface area contributed by atoms with E-state index < -0.39 is 18.2 Å². The summed E-state index contributed by atoms with van der Waals surface area (Å²) in [6, 6.07) is 12.2. The first-order valence-electron chi connectivity index (χ1n) is 10.9. The molecule has 220 valence electrons. The average Bonchev–Trinajstić information content (AvgIpc) is 3.75. The zero-order valence-corrected chi connectivity index (χ0v) is 30.7. The monoisotopic (exact) mass is 744 g/mol. The molecule has 0 radical (unpaired) electrons. The summed E-state index contributed by atoms with van der Waals surface area (Å²) in [4.78, 5) is 58.0. The van der Waals surface area contributed by atoms with Gasteiger partial charge in [0.2, 0.25) is 0 Å². The van der Waals surface area contributed by atoms with Crippen molar-refractivity contribution in [1.82, 2.24) is 9.97 Å². The van der Waals surface area contributed by atoms with Gasteiger partial charge in [0, 0.05) is 15.7 Å². The summed E-state index contributed by atoms with van der Waals surface area (Å²) in [5.74, 6) is 1.39. The van der Waals surface area contributed by atoms with Crippen LogP contribution in [0.1, 0.15) is 10.0 Å². The number of phenols is 1. The smallest absolute Gasteiger partial charge is 0.796 e. The molecule has 0 amide bonds. The second-order valence-electron chi connectivity index (χ2n) is 7.37. The number of aliphatic carboxylic acids is 1. The molecule has 2 aromatic heterocycles. The predicted molar refractivity (Wildman–Crippen MR) is 187 cm³/mol. The van der Waals surface area contributed by atoms with Crippen LogP contribution in [0.25, 0.3) is 20.4 Å². The Morgan fingerprint density at radius 2 is 1.53 bits per heavy atom. The minimum absolute atomic E-state index is 0. The van der Waals surface area contributed by atoms with Crippen LogP contribution in [0.2, 0.25) is 0 Å². The van der Waals surface area contributed by atoms with E-state index in [-0.39, 0.29) is 41.9 Å². The third kappa shape index (κ3) is 13.0. The van der Waals surface area contributed by atoms with Gasteiger partial charge in [0.15, 0.2) is 21.8 Å². The van der Waals surface area contributed by atoms with Crippen LogP contribution in [0.4, 0.5) is 0 Å². The SMILES string of the molecule is O=C(O)C1CSC(c2nc3ccccc3s2)=N1.O=C=O.O=O.PP(P)P.[Mg+2].[O-]C1[CH+]SC(c2nc3ccc(O)cc3s2)=N1. The van der Waals surface area contributed by atoms with Crippen molar-refractivity contribution in [2.75, 3.05) is 5.75 Å². The number of fused-ring (bicyclic) bond motifs is 2. The normalized spacial score (nSPS) is 16.2. The summed E-state index contributed by atoms with van der Waals surface area (Å²) in [5, 5.41) is 32.2. The number of hydrogen-bond donors (Lipinski definition) is 2. The van der Waals surface area contributed by atoms with Crippen LogP contribution in [0, 0.1) is 15.7 Å². The van der Waals surface area contributed by atoms with Gasteiger partial charge in [0.1, 0.15) is 33.8 Å². The number of aromatic nitrogens is 2. The van der Waals surface area contributed by atoms with Gasteiger partial charge < -0.3 is 15.3 Å². The Balaban J connectivity index is 0.000000333. The zero-order valence-electron chi connectivity index (χ0n) is 21.6. The minimum atomic E-state index is -0.986. The summed E-state index contributed by atoms with van der Waals surface area (Å²) in [6.45, 7) is 0.130. The number of carbonyl (C=O) groups is 1. The average molecular weight is 745 g/mol. The molecule has 5 unspecified atom stereocenters. The molecule has 0 saturated heterocycles. The molecule has 0 fully saturated rings. The van der Waals surface area contributed by atoms with Crippen LogP contribution in [0.5, 0.6) is 5.75 Å². The first-order valence-corrected chi connectivity index (χ1v) is 20.6. The minimum Gasteiger partial charge on any atom is -0.796 e. The second-order valence-corrected chi connectivity index (χ2v) is 23.0. The number of phenolic OH excluding ortho intramolecular Hbond substituents is 1. The summed E-state index contributed by atoms with van der Waals surface area (Å²) < 4.78 is 2.00. The molecule has 43 heavy (non-hydrogen) atoms. The Bertz CT molecular complexity index is 1570. The van der Waals surface area contributed by atoms with Gasteiger partial charge in [-0.3, -0.25) is 4.99 Å². The van der Waals surface area contributed by atoms with Gasteiger partial charge in [0.05, 0.1) is 20.4 Å². The third-order valence-electron chi connectivity index (χ3n) is 4.51. The summed E-state index contributed by atoms with van der Waals surface area (Å²) in [6.07, 6.45) is -0.736. The van der Waals surface area contributed by atoms with E-state index in [9.17, 15) is 15.0 Å². The Hall–Kier alpha value is -1.17. The topological polar surface area (TPSA) is 199 Å². The molecule has 0 aliphatic carbocycles. The van der Waals surface area contributed by atoms with E-state index in [2.05, 4.69) is 46.7 Å². The molecule has 0 spiro atoms. The van der Waals surface area contributed by atoms with Crippen LogP contribution in [0.3, 0.4) is 0 Å². The first-order chi connectivity index (χ1) is 20.1. The number of para-hydroxylation sites is 1. The first kappa shape index (κ1) is 39.9. The quantitative estimate of drug-likeness (QED) is 0.169. The maximum Gasteiger partial charge on any atom is 2.00 e. The van der Waals surface area contributed by atoms with E-state index in [0.29, 0.717) is 10.8 Å². The maximum absolute atomic E-state index is 11.1. The number of nitrogens with zero attached hydrogens (tertiary/aromatic N) is 4. The fraction of sp³-hybridized carbons (Fsp3) is 0.136. The van der Waals surface area contributed by atoms with Crippen molar-refractivity contribution < 1.29 is 29.7 Å². The third-order valence-corrected chi connectivity index (χ3v) is 8.78. The van der Waals surface area contributed by atoms with Crippen molar-refractivity contribution in [2.45, 2.75) is 12.3 Å². The van der Waals surface area contributed by atoms with Gasteiger partial charge in [-0.25, -0.2) is 19.8 Å². The number of rotatable bonds is 3. The van der Waals surface area contributed by atoms with E-state index >= 15 is 0 Å². The van der Waals surface area contributed by atoms with Crippen molar-refractivity contribution in [3.05, 3.63) is 68.2 Å². The summed E-state index contributed by atoms with van der Waals surface area (Å²) in [7, 11) is 7.94. The van der Waals surface area contributed by atoms with E-state index in [4.69, 9.17) is 24.6 Å². The number of aliphatic imine (C=N–C) groups is 2. The van der Waals surface area contributed by atoms with Crippen LogP contribution in [-0.2, 0) is 14.4 Å². The molecular weight excluding hydrogens is 725 g/mol. The van der Waals surface area contributed by atoms with Gasteiger partial charge in [-0.1, -0.05) is 12.1 Å². The molecule has 4 aromatic rings. The van der Waals surface area contributed by atoms with Gasteiger partial charge in [-0.2, -0.15) is 9.59 Å². The number of carbonyl (C=O) groups excluding carboxylic acids is 2. The number of thiazole rings is 2. The zero-order chi connectivity index (χ0) is 31.2. The second kappa shape index (κ2) is 20.8. The Morgan fingerprint density at radius 3 is 2.07 bits per heavy atom. The molecule has 5 atom stereocenters. The van der Waals surface area contributed by atoms with Crippen molar-refractivity contribution >= 4 is 146 Å². The molecule has 12 nitrogen and oxygen atoms in total. The molecule has 21 heteroatoms. The molecule has 0 bridgehead atoms. The predicted octanol–water partition coefficient (Wildman–Crippen LogP) is 4.53. The molecule has 2 aliphatic heterocycles. The van der Waals surface area contributed by atoms with Crippen molar-refractivity contribution in [3.63, 3.8) is 0 Å². The fourth-order valence-electron chi connectivity index (χ4n) is 2.99. The standard InChI is InChI=1S/C11H8N2O2S2.C10H6N2O2S2.CO2.Mg.O2.H6P4/c14-11(15)7-5-16-9(13-7)10-12-6-3-1-2-4-8(6)17-10;13-5-1-2-6-7(3-5)16-10(11-6)9-12-8(14)4-15-9;2-1-3;;1-2;1-4(2)3/h1-4,7H,5H2,(H,14,15);1-4,8,13H;;;;1-3H2/q;;;+2;;. The number of carboxylic acids is 1. The van der Waals surface area contributed by atoms with E-state index in [1.54, 1.807) is 35.3 Å². The maximum atomic E-state index is 11.1. The number of carboxylic acid groups (broad SMARTS) is 1. The van der Waals surface area contributed by atoms with Crippen LogP contribution < -0.4 is 5.11 Å². The van der Waals surface area contributed by atoms with E-state index in [1.807, 2.05) is 24.3 Å². The number of thioether (sulfide) groups is 2. The van der Waals surface area contributed by atoms with Gasteiger partial charge in [-0.05, 0) is 37.3 Å². The van der Waals surface area contributed by atoms with Crippen LogP contribution in [0.15, 0.2) is 52.4 Å². The van der Waals surface area contributed by atoms with Crippen molar-refractivity contribution in [2.24, 2.45) is 9.98 Å². The van der Waals surface area contributed by atoms with Gasteiger partial charge >= 0.3 is 35.2 Å². The molecule has 2 aromatic carbocycles. The number of aromatic hydroxyl groups is 1. The molecule has 2 aliphatic rings. The van der Waals surface area contributed by atoms with Crippen molar-refractivity contribution in [1.29, 1.82) is 0 Å². The molecular formula is C22H20MgN4O8P4S4+2. The van der Waals surface area contributed by atoms with Crippen LogP contribution >= 0.6 is 80.0 Å².